The van der Waals surface area contributed by atoms with Crippen molar-refractivity contribution in [3.05, 3.63) is 85.1 Å². The van der Waals surface area contributed by atoms with Crippen LogP contribution in [0.25, 0.3) is 0 Å². The van der Waals surface area contributed by atoms with Crippen LogP contribution in [-0.4, -0.2) is 74.9 Å². The Morgan fingerprint density at radius 1 is 0.492 bits per heavy atom. The number of likely N-dealkylation sites (N-methyl/N-ethyl adjacent to an activating group) is 1. The number of phosphoric ester groups is 1. The molecule has 0 aliphatic heterocycles. The van der Waals surface area contributed by atoms with Crippen molar-refractivity contribution in [3.8, 4) is 0 Å². The summed E-state index contributed by atoms with van der Waals surface area (Å²) in [4.78, 5) is 35.2. The van der Waals surface area contributed by atoms with Crippen molar-refractivity contribution in [1.82, 2.24) is 0 Å². The van der Waals surface area contributed by atoms with E-state index in [0.29, 0.717) is 17.4 Å². The van der Waals surface area contributed by atoms with E-state index in [1.165, 1.54) is 77.0 Å². The Kier molecular flexibility index (Phi) is 44.3. The monoisotopic (exact) mass is 931 g/mol. The lowest BCUT2D eigenvalue weighted by molar-refractivity contribution is -0.870. The van der Waals surface area contributed by atoms with Gasteiger partial charge in [0.2, 0.25) is 0 Å². The van der Waals surface area contributed by atoms with E-state index in [1.54, 1.807) is 0 Å². The third-order valence-electron chi connectivity index (χ3n) is 10.7. The van der Waals surface area contributed by atoms with E-state index >= 15 is 0 Å². The molecule has 0 bridgehead atoms. The van der Waals surface area contributed by atoms with E-state index in [9.17, 15) is 19.0 Å². The Balaban J connectivity index is 3.96. The smallest absolute Gasteiger partial charge is 0.462 e. The number of nitrogens with zero attached hydrogens (tertiary/aromatic N) is 1. The average molecular weight is 931 g/mol. The summed E-state index contributed by atoms with van der Waals surface area (Å²) in [6.07, 6.45) is 61.2. The number of allylic oxidation sites excluding steroid dienone is 14. The van der Waals surface area contributed by atoms with Crippen LogP contribution < -0.4 is 0 Å². The van der Waals surface area contributed by atoms with Crippen molar-refractivity contribution in [1.29, 1.82) is 0 Å². The fourth-order valence-electron chi connectivity index (χ4n) is 6.70. The summed E-state index contributed by atoms with van der Waals surface area (Å²) in [6.45, 7) is 4.23. The van der Waals surface area contributed by atoms with Gasteiger partial charge in [0.15, 0.2) is 6.10 Å². The van der Waals surface area contributed by atoms with E-state index < -0.39 is 26.5 Å². The van der Waals surface area contributed by atoms with Crippen LogP contribution in [-0.2, 0) is 32.7 Å². The SMILES string of the molecule is CC/C=C\C/C=C\C/C=C\C/C=C\C/C=C\C/C=C\C/C=C\CCCCCCCCCCCCCCCC(=O)OC(COC(=O)CCCCCCCC)COP(=O)(O)OCC[N+](C)(C)C. The van der Waals surface area contributed by atoms with E-state index in [0.717, 1.165) is 89.9 Å². The lowest BCUT2D eigenvalue weighted by Crippen LogP contribution is -2.37. The first-order valence-electron chi connectivity index (χ1n) is 25.8. The van der Waals surface area contributed by atoms with Gasteiger partial charge in [-0.2, -0.15) is 0 Å². The number of quaternary nitrogens is 1. The van der Waals surface area contributed by atoms with Gasteiger partial charge in [0, 0.05) is 12.8 Å². The maximum atomic E-state index is 12.7. The number of unbranched alkanes of at least 4 members (excludes halogenated alkanes) is 18. The second-order valence-electron chi connectivity index (χ2n) is 18.2. The molecule has 0 amide bonds. The largest absolute Gasteiger partial charge is 0.472 e. The molecule has 0 aliphatic rings. The highest BCUT2D eigenvalue weighted by Gasteiger charge is 2.27. The molecule has 2 unspecified atom stereocenters. The Morgan fingerprint density at radius 3 is 1.31 bits per heavy atom. The molecular formula is C55H97NO8P+. The van der Waals surface area contributed by atoms with Crippen LogP contribution in [0.4, 0.5) is 0 Å². The molecule has 0 fully saturated rings. The Labute approximate surface area is 399 Å². The van der Waals surface area contributed by atoms with Crippen LogP contribution in [0.1, 0.15) is 200 Å². The van der Waals surface area contributed by atoms with Crippen molar-refractivity contribution in [2.75, 3.05) is 47.5 Å². The highest BCUT2D eigenvalue weighted by Crippen LogP contribution is 2.43. The molecule has 0 saturated carbocycles. The molecule has 9 nitrogen and oxygen atoms in total. The number of ether oxygens (including phenoxy) is 2. The van der Waals surface area contributed by atoms with Crippen LogP contribution >= 0.6 is 7.82 Å². The highest BCUT2D eigenvalue weighted by molar-refractivity contribution is 7.47. The Hall–Kier alpha value is -2.81. The lowest BCUT2D eigenvalue weighted by Gasteiger charge is -2.24. The Morgan fingerprint density at radius 2 is 0.877 bits per heavy atom. The van der Waals surface area contributed by atoms with E-state index in [2.05, 4.69) is 98.9 Å². The molecule has 0 aromatic heterocycles. The summed E-state index contributed by atoms with van der Waals surface area (Å²) in [5.41, 5.74) is 0. The zero-order valence-electron chi connectivity index (χ0n) is 42.2. The van der Waals surface area contributed by atoms with E-state index in [4.69, 9.17) is 18.5 Å². The molecular weight excluding hydrogens is 834 g/mol. The van der Waals surface area contributed by atoms with Crippen LogP contribution in [0.3, 0.4) is 0 Å². The predicted molar refractivity (Wildman–Crippen MR) is 275 cm³/mol. The summed E-state index contributed by atoms with van der Waals surface area (Å²) in [7, 11) is 1.47. The van der Waals surface area contributed by atoms with Gasteiger partial charge in [-0.25, -0.2) is 4.57 Å². The second-order valence-corrected chi connectivity index (χ2v) is 19.6. The van der Waals surface area contributed by atoms with Gasteiger partial charge >= 0.3 is 19.8 Å². The molecule has 0 saturated heterocycles. The molecule has 0 spiro atoms. The molecule has 0 aliphatic carbocycles. The molecule has 2 atom stereocenters. The van der Waals surface area contributed by atoms with Gasteiger partial charge in [-0.05, 0) is 70.6 Å². The van der Waals surface area contributed by atoms with Crippen molar-refractivity contribution in [2.24, 2.45) is 0 Å². The first kappa shape index (κ1) is 62.2. The van der Waals surface area contributed by atoms with E-state index in [-0.39, 0.29) is 32.0 Å². The fourth-order valence-corrected chi connectivity index (χ4v) is 7.44. The van der Waals surface area contributed by atoms with Gasteiger partial charge in [-0.15, -0.1) is 0 Å². The van der Waals surface area contributed by atoms with Gasteiger partial charge < -0.3 is 18.9 Å². The number of phosphoric acid groups is 1. The molecule has 1 N–H and O–H groups in total. The minimum absolute atomic E-state index is 0.0295. The van der Waals surface area contributed by atoms with Gasteiger partial charge in [0.05, 0.1) is 27.7 Å². The topological polar surface area (TPSA) is 108 Å². The number of hydrogen-bond donors (Lipinski definition) is 1. The molecule has 65 heavy (non-hydrogen) atoms. The zero-order valence-corrected chi connectivity index (χ0v) is 43.1. The minimum Gasteiger partial charge on any atom is -0.462 e. The molecule has 0 heterocycles. The summed E-state index contributed by atoms with van der Waals surface area (Å²) in [5, 5.41) is 0. The third kappa shape index (κ3) is 50.4. The van der Waals surface area contributed by atoms with Gasteiger partial charge in [0.25, 0.3) is 0 Å². The highest BCUT2D eigenvalue weighted by atomic mass is 31.2. The molecule has 374 valence electrons. The molecule has 10 heteroatoms. The molecule has 0 aromatic rings. The van der Waals surface area contributed by atoms with Crippen molar-refractivity contribution in [2.45, 2.75) is 206 Å². The number of carbonyl (C=O) groups excluding carboxylic acids is 2. The number of esters is 2. The third-order valence-corrected chi connectivity index (χ3v) is 11.7. The standard InChI is InChI=1S/C55H96NO8P/c1-6-8-10-12-14-15-16-17-18-19-20-21-22-23-24-25-26-27-28-29-30-31-32-33-34-35-36-37-38-39-40-41-42-44-46-48-55(58)64-53(51-61-54(57)47-45-43-13-11-9-7-2)52-63-65(59,60)62-50-49-56(3,4)5/h8,10,14-15,17-18,20-21,23-24,26-27,29-30,53H,6-7,9,11-13,16,19,22,25,28,31-52H2,1-5H3/p+1/b10-8-,15-14-,18-17-,21-20-,24-23-,27-26-,30-29-. The van der Waals surface area contributed by atoms with E-state index in [1.807, 2.05) is 21.1 Å². The zero-order chi connectivity index (χ0) is 47.8. The summed E-state index contributed by atoms with van der Waals surface area (Å²) in [5.74, 6) is -0.811. The number of hydrogen-bond acceptors (Lipinski definition) is 7. The summed E-state index contributed by atoms with van der Waals surface area (Å²) >= 11 is 0. The molecule has 0 radical (unpaired) electrons. The number of rotatable bonds is 46. The van der Waals surface area contributed by atoms with Gasteiger partial charge in [0.1, 0.15) is 19.8 Å². The second kappa shape index (κ2) is 46.3. The quantitative estimate of drug-likeness (QED) is 0.0211. The Bertz CT molecular complexity index is 1380. The summed E-state index contributed by atoms with van der Waals surface area (Å²) in [6, 6.07) is 0. The number of carbonyl (C=O) groups is 2. The normalized spacial score (nSPS) is 14.1. The van der Waals surface area contributed by atoms with Crippen LogP contribution in [0.15, 0.2) is 85.1 Å². The van der Waals surface area contributed by atoms with Crippen LogP contribution in [0, 0.1) is 0 Å². The molecule has 0 rings (SSSR count). The first-order chi connectivity index (χ1) is 31.5. The lowest BCUT2D eigenvalue weighted by atomic mass is 10.0. The van der Waals surface area contributed by atoms with Gasteiger partial charge in [-0.1, -0.05) is 202 Å². The maximum absolute atomic E-state index is 12.7. The average Bonchev–Trinajstić information content (AvgIpc) is 3.26. The predicted octanol–water partition coefficient (Wildman–Crippen LogP) is 15.5. The van der Waals surface area contributed by atoms with Crippen molar-refractivity contribution < 1.29 is 42.1 Å². The molecule has 0 aromatic carbocycles. The minimum atomic E-state index is -4.37. The maximum Gasteiger partial charge on any atom is 0.472 e. The van der Waals surface area contributed by atoms with Crippen molar-refractivity contribution in [3.63, 3.8) is 0 Å². The first-order valence-corrected chi connectivity index (χ1v) is 27.3. The van der Waals surface area contributed by atoms with Crippen LogP contribution in [0.5, 0.6) is 0 Å². The van der Waals surface area contributed by atoms with Gasteiger partial charge in [-0.3, -0.25) is 18.6 Å². The van der Waals surface area contributed by atoms with Crippen LogP contribution in [0.2, 0.25) is 0 Å². The summed E-state index contributed by atoms with van der Waals surface area (Å²) < 4.78 is 34.2. The van der Waals surface area contributed by atoms with Crippen molar-refractivity contribution >= 4 is 19.8 Å². The fraction of sp³-hybridized carbons (Fsp3) is 0.709.